The second-order valence-corrected chi connectivity index (χ2v) is 6.10. The number of quaternary nitrogens is 2. The fourth-order valence-electron chi connectivity index (χ4n) is 1.12. The molecule has 196 valence electrons. The van der Waals surface area contributed by atoms with E-state index in [9.17, 15) is 84.3 Å². The number of carboxylic acids is 1. The summed E-state index contributed by atoms with van der Waals surface area (Å²) in [6, 6.07) is 0. The van der Waals surface area contributed by atoms with Gasteiger partial charge in [-0.15, -0.1) is 0 Å². The van der Waals surface area contributed by atoms with Crippen LogP contribution < -0.4 is 17.4 Å². The fourth-order valence-corrected chi connectivity index (χ4v) is 1.45. The van der Waals surface area contributed by atoms with Crippen molar-refractivity contribution in [2.45, 2.75) is 41.5 Å². The first-order valence-electron chi connectivity index (χ1n) is 5.82. The molecule has 0 aromatic carbocycles. The van der Waals surface area contributed by atoms with Gasteiger partial charge in [0.05, 0.1) is 0 Å². The average molecular weight is 542 g/mol. The molecule has 0 heterocycles. The molecule has 0 spiro atoms. The molecule has 32 heavy (non-hydrogen) atoms. The number of hydrogen-bond donors (Lipinski definition) is 2. The smallest absolute Gasteiger partial charge is 0.458 e. The van der Waals surface area contributed by atoms with Gasteiger partial charge in [-0.05, 0) is 0 Å². The Hall–Kier alpha value is -1.76. The third-order valence-corrected chi connectivity index (χ3v) is 3.42. The van der Waals surface area contributed by atoms with Gasteiger partial charge in [-0.3, -0.25) is 9.47 Å². The quantitative estimate of drug-likeness (QED) is 0.348. The van der Waals surface area contributed by atoms with Gasteiger partial charge in [-0.25, -0.2) is 8.42 Å². The van der Waals surface area contributed by atoms with Gasteiger partial charge >= 0.3 is 41.5 Å². The zero-order valence-electron chi connectivity index (χ0n) is 14.6. The largest absolute Gasteiger partial charge is 0.743 e. The first kappa shape index (κ1) is 34.8. The molecule has 0 fully saturated rings. The Morgan fingerprint density at radius 1 is 0.656 bits per heavy atom. The van der Waals surface area contributed by atoms with Crippen molar-refractivity contribution >= 4 is 16.1 Å². The number of halogens is 14. The molecule has 0 saturated heterocycles. The molecule has 9 nitrogen and oxygen atoms in total. The van der Waals surface area contributed by atoms with Crippen molar-refractivity contribution in [3.05, 3.63) is 0 Å². The summed E-state index contributed by atoms with van der Waals surface area (Å²) in [6.07, 6.45) is -30.9. The molecule has 0 aromatic heterocycles. The van der Waals surface area contributed by atoms with Crippen LogP contribution in [0.2, 0.25) is 0 Å². The van der Waals surface area contributed by atoms with Gasteiger partial charge in [-0.1, -0.05) is 0 Å². The predicted molar refractivity (Wildman–Crippen MR) is 63.5 cm³/mol. The van der Waals surface area contributed by atoms with E-state index in [1.54, 1.807) is 0 Å². The van der Waals surface area contributed by atoms with Crippen LogP contribution >= 0.6 is 0 Å². The summed E-state index contributed by atoms with van der Waals surface area (Å²) in [5.74, 6) is -19.6. The molecule has 0 bridgehead atoms. The highest BCUT2D eigenvalue weighted by Gasteiger charge is 2.83. The third-order valence-electron chi connectivity index (χ3n) is 2.56. The first-order chi connectivity index (χ1) is 12.6. The Balaban J connectivity index is -0.00000420. The van der Waals surface area contributed by atoms with E-state index >= 15 is 0 Å². The monoisotopic (exact) mass is 542 g/mol. The molecule has 8 N–H and O–H groups in total. The number of hydrogen-bond acceptors (Lipinski definition) is 7. The molecule has 0 radical (unpaired) electrons. The van der Waals surface area contributed by atoms with Crippen LogP contribution in [0.25, 0.3) is 0 Å². The number of ether oxygens (including phenoxy) is 2. The van der Waals surface area contributed by atoms with Gasteiger partial charge in [-0.2, -0.15) is 61.5 Å². The van der Waals surface area contributed by atoms with Gasteiger partial charge in [0.25, 0.3) is 0 Å². The number of alkyl halides is 14. The zero-order valence-corrected chi connectivity index (χ0v) is 15.4. The summed E-state index contributed by atoms with van der Waals surface area (Å²) in [5, 5.41) is 2.52. The fraction of sp³-hybridized carbons (Fsp3) is 0.875. The van der Waals surface area contributed by atoms with Crippen LogP contribution in [0.4, 0.5) is 61.5 Å². The lowest BCUT2D eigenvalue weighted by Crippen LogP contribution is -2.68. The molecular weight excluding hydrogens is 534 g/mol. The van der Waals surface area contributed by atoms with Gasteiger partial charge in [0.1, 0.15) is 5.97 Å². The molecule has 0 aliphatic carbocycles. The standard InChI is InChI=1S/C8H2F14O7S.2H3N/c9-2(1(23)24,4(11,12)13)28-6(17,18)3(10,5(14,15)16)29-7(19,20)8(21,22)30(25,26)27;;/h(H,23,24)(H,25,26,27);2*1H3. The second-order valence-electron chi connectivity index (χ2n) is 4.68. The molecular formula is C8H8F14N2O7S. The highest BCUT2D eigenvalue weighted by atomic mass is 32.2. The molecule has 0 aliphatic heterocycles. The zero-order chi connectivity index (χ0) is 25.0. The summed E-state index contributed by atoms with van der Waals surface area (Å²) >= 11 is 0. The molecule has 2 atom stereocenters. The van der Waals surface area contributed by atoms with Crippen molar-refractivity contribution in [2.75, 3.05) is 0 Å². The van der Waals surface area contributed by atoms with Crippen molar-refractivity contribution < 1.29 is 93.8 Å². The highest BCUT2D eigenvalue weighted by molar-refractivity contribution is 7.86. The number of carbonyl (C=O) groups is 1. The summed E-state index contributed by atoms with van der Waals surface area (Å²) in [6.45, 7) is 0. The topological polar surface area (TPSA) is 189 Å². The van der Waals surface area contributed by atoms with E-state index in [2.05, 4.69) is 0 Å². The molecule has 0 saturated carbocycles. The SMILES string of the molecule is O=C([O-])C(F)(OC(F)(F)C(F)(OC(F)(F)C(F)(F)S(=O)(=O)[O-])C(F)(F)F)C(F)(F)F.[NH4+].[NH4+]. The van der Waals surface area contributed by atoms with E-state index < -0.39 is 57.6 Å². The maximum atomic E-state index is 13.6. The van der Waals surface area contributed by atoms with Crippen molar-refractivity contribution in [1.82, 2.24) is 12.3 Å². The Morgan fingerprint density at radius 3 is 1.22 bits per heavy atom. The maximum Gasteiger partial charge on any atom is 0.458 e. The molecule has 0 rings (SSSR count). The maximum absolute atomic E-state index is 13.6. The van der Waals surface area contributed by atoms with Crippen LogP contribution in [0, 0.1) is 0 Å². The van der Waals surface area contributed by atoms with E-state index in [0.29, 0.717) is 0 Å². The van der Waals surface area contributed by atoms with Crippen LogP contribution in [0.5, 0.6) is 0 Å². The predicted octanol–water partition coefficient (Wildman–Crippen LogP) is 2.30. The lowest BCUT2D eigenvalue weighted by Gasteiger charge is -2.40. The number of aliphatic carboxylic acids is 1. The van der Waals surface area contributed by atoms with E-state index in [1.807, 2.05) is 0 Å². The summed E-state index contributed by atoms with van der Waals surface area (Å²) in [5.41, 5.74) is 0. The number of rotatable bonds is 8. The Labute approximate surface area is 165 Å². The van der Waals surface area contributed by atoms with Crippen LogP contribution in [0.1, 0.15) is 0 Å². The minimum absolute atomic E-state index is 0. The molecule has 0 amide bonds. The highest BCUT2D eigenvalue weighted by Crippen LogP contribution is 2.54. The Kier molecular flexibility index (Phi) is 9.67. The van der Waals surface area contributed by atoms with Crippen LogP contribution in [0.15, 0.2) is 0 Å². The van der Waals surface area contributed by atoms with E-state index in [-0.39, 0.29) is 12.3 Å². The van der Waals surface area contributed by atoms with Crippen LogP contribution in [-0.4, -0.2) is 60.5 Å². The molecule has 0 aromatic rings. The molecule has 2 unspecified atom stereocenters. The first-order valence-corrected chi connectivity index (χ1v) is 7.23. The minimum atomic E-state index is -8.02. The van der Waals surface area contributed by atoms with Gasteiger partial charge in [0, 0.05) is 0 Å². The lowest BCUT2D eigenvalue weighted by atomic mass is 10.2. The van der Waals surface area contributed by atoms with Crippen molar-refractivity contribution in [3.8, 4) is 0 Å². The third kappa shape index (κ3) is 5.59. The molecule has 24 heteroatoms. The summed E-state index contributed by atoms with van der Waals surface area (Å²) in [7, 11) is -7.83. The number of carboxylic acid groups (broad SMARTS) is 1. The van der Waals surface area contributed by atoms with Crippen molar-refractivity contribution in [3.63, 3.8) is 0 Å². The van der Waals surface area contributed by atoms with Crippen molar-refractivity contribution in [2.24, 2.45) is 0 Å². The summed E-state index contributed by atoms with van der Waals surface area (Å²) in [4.78, 5) is 10.0. The summed E-state index contributed by atoms with van der Waals surface area (Å²) < 4.78 is 211. The molecule has 0 aliphatic rings. The average Bonchev–Trinajstić information content (AvgIpc) is 2.41. The van der Waals surface area contributed by atoms with Gasteiger partial charge in [0.15, 0.2) is 10.1 Å². The Morgan fingerprint density at radius 2 is 1.00 bits per heavy atom. The van der Waals surface area contributed by atoms with Gasteiger partial charge in [0.2, 0.25) is 0 Å². The van der Waals surface area contributed by atoms with Crippen LogP contribution in [-0.2, 0) is 24.4 Å². The Bertz CT molecular complexity index is 783. The lowest BCUT2D eigenvalue weighted by molar-refractivity contribution is -0.538. The number of carbonyl (C=O) groups excluding carboxylic acids is 1. The van der Waals surface area contributed by atoms with Crippen molar-refractivity contribution in [1.29, 1.82) is 0 Å². The van der Waals surface area contributed by atoms with E-state index in [4.69, 9.17) is 0 Å². The normalized spacial score (nSPS) is 18.0. The second kappa shape index (κ2) is 8.88. The minimum Gasteiger partial charge on any atom is -0.743 e. The van der Waals surface area contributed by atoms with Gasteiger partial charge < -0.3 is 26.8 Å². The van der Waals surface area contributed by atoms with E-state index in [0.717, 1.165) is 0 Å². The van der Waals surface area contributed by atoms with E-state index in [1.165, 1.54) is 9.47 Å². The van der Waals surface area contributed by atoms with Crippen LogP contribution in [0.3, 0.4) is 0 Å².